The topological polar surface area (TPSA) is 69.3 Å². The van der Waals surface area contributed by atoms with Gasteiger partial charge in [0.05, 0.1) is 4.91 Å². The van der Waals surface area contributed by atoms with Crippen LogP contribution in [-0.4, -0.2) is 38.8 Å². The summed E-state index contributed by atoms with van der Waals surface area (Å²) in [5, 5.41) is 9.81. The number of hydrogen-bond donors (Lipinski definition) is 0. The van der Waals surface area contributed by atoms with Gasteiger partial charge in [0.1, 0.15) is 21.8 Å². The number of rotatable bonds is 7. The summed E-state index contributed by atoms with van der Waals surface area (Å²) in [6.07, 6.45) is 6.58. The second-order valence-electron chi connectivity index (χ2n) is 9.14. The highest BCUT2D eigenvalue weighted by atomic mass is 32.2. The van der Waals surface area contributed by atoms with Crippen LogP contribution in [0.15, 0.2) is 9.70 Å². The third kappa shape index (κ3) is 5.04. The molecule has 1 atom stereocenters. The van der Waals surface area contributed by atoms with Crippen LogP contribution >= 0.6 is 24.0 Å². The molecule has 3 rings (SSSR count). The summed E-state index contributed by atoms with van der Waals surface area (Å²) in [6.45, 7) is 12.5. The van der Waals surface area contributed by atoms with Gasteiger partial charge in [-0.1, -0.05) is 51.2 Å². The molecule has 178 valence electrons. The van der Waals surface area contributed by atoms with E-state index >= 15 is 0 Å². The van der Waals surface area contributed by atoms with Crippen LogP contribution in [-0.2, 0) is 11.3 Å². The van der Waals surface area contributed by atoms with Crippen molar-refractivity contribution >= 4 is 46.1 Å². The fourth-order valence-corrected chi connectivity index (χ4v) is 5.85. The molecule has 0 N–H and O–H groups in total. The van der Waals surface area contributed by atoms with Crippen molar-refractivity contribution in [1.29, 1.82) is 5.26 Å². The lowest BCUT2D eigenvalue weighted by Crippen LogP contribution is -2.39. The van der Waals surface area contributed by atoms with Gasteiger partial charge in [0.2, 0.25) is 0 Å². The summed E-state index contributed by atoms with van der Waals surface area (Å²) in [4.78, 5) is 31.1. The summed E-state index contributed by atoms with van der Waals surface area (Å²) >= 11 is 6.83. The largest absolute Gasteiger partial charge is 0.357 e. The Kier molecular flexibility index (Phi) is 8.41. The quantitative estimate of drug-likeness (QED) is 0.396. The number of nitrogens with zero attached hydrogens (tertiary/aromatic N) is 4. The van der Waals surface area contributed by atoms with Gasteiger partial charge < -0.3 is 4.90 Å². The maximum atomic E-state index is 13.3. The number of anilines is 1. The Morgan fingerprint density at radius 2 is 1.94 bits per heavy atom. The van der Waals surface area contributed by atoms with Crippen LogP contribution in [0.5, 0.6) is 0 Å². The van der Waals surface area contributed by atoms with E-state index in [-0.39, 0.29) is 23.1 Å². The highest BCUT2D eigenvalue weighted by Crippen LogP contribution is 2.37. The van der Waals surface area contributed by atoms with Crippen molar-refractivity contribution in [3.63, 3.8) is 0 Å². The molecule has 0 saturated carbocycles. The summed E-state index contributed by atoms with van der Waals surface area (Å²) in [6, 6.07) is 2.16. The Balaban J connectivity index is 2.22. The van der Waals surface area contributed by atoms with E-state index in [0.717, 1.165) is 56.6 Å². The fraction of sp³-hybridized carbons (Fsp3) is 0.600. The van der Waals surface area contributed by atoms with E-state index in [0.29, 0.717) is 27.3 Å². The molecule has 8 heteroatoms. The number of pyridine rings is 1. The van der Waals surface area contributed by atoms with Crippen LogP contribution in [0.3, 0.4) is 0 Å². The number of thioether (sulfide) groups is 1. The van der Waals surface area contributed by atoms with Gasteiger partial charge in [-0.2, -0.15) is 5.26 Å². The van der Waals surface area contributed by atoms with Gasteiger partial charge in [-0.3, -0.25) is 19.1 Å². The first-order valence-electron chi connectivity index (χ1n) is 11.9. The maximum Gasteiger partial charge on any atom is 0.270 e. The fourth-order valence-electron chi connectivity index (χ4n) is 4.40. The third-order valence-electron chi connectivity index (χ3n) is 6.80. The molecule has 0 radical (unpaired) electrons. The van der Waals surface area contributed by atoms with Crippen LogP contribution in [0.4, 0.5) is 5.82 Å². The summed E-state index contributed by atoms with van der Waals surface area (Å²) in [7, 11) is 0. The number of nitriles is 1. The molecule has 1 amide bonds. The molecule has 1 unspecified atom stereocenters. The Bertz CT molecular complexity index is 1060. The summed E-state index contributed by atoms with van der Waals surface area (Å²) in [5.74, 6) is 1.39. The number of aromatic nitrogens is 1. The SMILES string of the molecule is CCCCn1c(N2CCC(C)CC2)c(/C=C2/SC(=S)N(C(C)CC)C2=O)c(C)c(C#N)c1=O. The number of unbranched alkanes of at least 4 members (excludes halogenated alkanes) is 1. The van der Waals surface area contributed by atoms with Gasteiger partial charge in [0.15, 0.2) is 0 Å². The van der Waals surface area contributed by atoms with Crippen LogP contribution in [0.1, 0.15) is 76.5 Å². The van der Waals surface area contributed by atoms with Gasteiger partial charge in [-0.25, -0.2) is 0 Å². The molecule has 2 aliphatic heterocycles. The number of piperidine rings is 1. The lowest BCUT2D eigenvalue weighted by Gasteiger charge is -2.35. The number of amides is 1. The van der Waals surface area contributed by atoms with Crippen molar-refractivity contribution in [1.82, 2.24) is 9.47 Å². The number of carbonyl (C=O) groups is 1. The number of thiocarbonyl (C=S) groups is 1. The minimum absolute atomic E-state index is 0.0285. The van der Waals surface area contributed by atoms with Crippen LogP contribution < -0.4 is 10.5 Å². The molecule has 0 spiro atoms. The average molecular weight is 487 g/mol. The summed E-state index contributed by atoms with van der Waals surface area (Å²) in [5.41, 5.74) is 1.35. The Hall–Kier alpha value is -2.11. The highest BCUT2D eigenvalue weighted by molar-refractivity contribution is 8.26. The van der Waals surface area contributed by atoms with E-state index in [1.807, 2.05) is 26.8 Å². The van der Waals surface area contributed by atoms with Crippen molar-refractivity contribution in [3.8, 4) is 6.07 Å². The highest BCUT2D eigenvalue weighted by Gasteiger charge is 2.35. The Morgan fingerprint density at radius 1 is 1.27 bits per heavy atom. The van der Waals surface area contributed by atoms with E-state index in [4.69, 9.17) is 12.2 Å². The van der Waals surface area contributed by atoms with Crippen LogP contribution in [0, 0.1) is 24.2 Å². The monoisotopic (exact) mass is 486 g/mol. The van der Waals surface area contributed by atoms with Crippen molar-refractivity contribution < 1.29 is 4.79 Å². The van der Waals surface area contributed by atoms with Gasteiger partial charge in [0.25, 0.3) is 11.5 Å². The van der Waals surface area contributed by atoms with E-state index < -0.39 is 0 Å². The van der Waals surface area contributed by atoms with Gasteiger partial charge in [0, 0.05) is 31.2 Å². The average Bonchev–Trinajstić information content (AvgIpc) is 3.08. The molecule has 1 aromatic heterocycles. The lowest BCUT2D eigenvalue weighted by molar-refractivity contribution is -0.123. The van der Waals surface area contributed by atoms with Crippen molar-refractivity contribution in [2.75, 3.05) is 18.0 Å². The zero-order chi connectivity index (χ0) is 24.3. The predicted molar refractivity (Wildman–Crippen MR) is 140 cm³/mol. The first kappa shape index (κ1) is 25.5. The van der Waals surface area contributed by atoms with E-state index in [9.17, 15) is 14.9 Å². The molecule has 0 aliphatic carbocycles. The molecule has 33 heavy (non-hydrogen) atoms. The normalized spacial score (nSPS) is 19.5. The van der Waals surface area contributed by atoms with Crippen molar-refractivity contribution in [2.45, 2.75) is 79.3 Å². The number of carbonyl (C=O) groups excluding carboxylic acids is 1. The van der Waals surface area contributed by atoms with Crippen molar-refractivity contribution in [3.05, 3.63) is 31.9 Å². The smallest absolute Gasteiger partial charge is 0.270 e. The second kappa shape index (κ2) is 10.9. The zero-order valence-electron chi connectivity index (χ0n) is 20.3. The summed E-state index contributed by atoms with van der Waals surface area (Å²) < 4.78 is 2.33. The van der Waals surface area contributed by atoms with E-state index in [1.54, 1.807) is 9.47 Å². The standard InChI is InChI=1S/C25H34N4O2S2/c1-6-8-11-28-22(27-12-9-16(3)10-13-27)19(18(5)20(15-26)23(28)30)14-21-24(31)29(17(4)7-2)25(32)33-21/h14,16-17H,6-13H2,1-5H3/b21-14+. The molecular weight excluding hydrogens is 452 g/mol. The Morgan fingerprint density at radius 3 is 2.52 bits per heavy atom. The molecule has 2 saturated heterocycles. The molecule has 3 heterocycles. The van der Waals surface area contributed by atoms with Crippen LogP contribution in [0.25, 0.3) is 6.08 Å². The number of hydrogen-bond acceptors (Lipinski definition) is 6. The van der Waals surface area contributed by atoms with Crippen molar-refractivity contribution in [2.24, 2.45) is 5.92 Å². The molecule has 2 fully saturated rings. The molecule has 6 nitrogen and oxygen atoms in total. The van der Waals surface area contributed by atoms with Gasteiger partial charge in [-0.15, -0.1) is 0 Å². The zero-order valence-corrected chi connectivity index (χ0v) is 21.9. The first-order chi connectivity index (χ1) is 15.7. The molecular formula is C25H34N4O2S2. The first-order valence-corrected chi connectivity index (χ1v) is 13.2. The maximum absolute atomic E-state index is 13.3. The molecule has 0 bridgehead atoms. The molecule has 2 aliphatic rings. The second-order valence-corrected chi connectivity index (χ2v) is 10.8. The van der Waals surface area contributed by atoms with Gasteiger partial charge in [-0.05, 0) is 57.1 Å². The minimum atomic E-state index is -0.235. The Labute approximate surface area is 206 Å². The predicted octanol–water partition coefficient (Wildman–Crippen LogP) is 5.06. The molecule has 1 aromatic rings. The molecule has 0 aromatic carbocycles. The van der Waals surface area contributed by atoms with E-state index in [2.05, 4.69) is 24.8 Å². The minimum Gasteiger partial charge on any atom is -0.357 e. The van der Waals surface area contributed by atoms with Crippen LogP contribution in [0.2, 0.25) is 0 Å². The van der Waals surface area contributed by atoms with E-state index in [1.165, 1.54) is 11.8 Å². The lowest BCUT2D eigenvalue weighted by atomic mass is 9.97. The van der Waals surface area contributed by atoms with Gasteiger partial charge >= 0.3 is 0 Å². The third-order valence-corrected chi connectivity index (χ3v) is 8.13.